The van der Waals surface area contributed by atoms with E-state index >= 15 is 0 Å². The van der Waals surface area contributed by atoms with E-state index in [-0.39, 0.29) is 11.8 Å². The SMILES string of the molecule is CCCN1C(=O)[C@](Nc2ccc3c(c2)CNC3)(C(=O)NC)c2ccccc21. The molecule has 0 radical (unpaired) electrons. The minimum atomic E-state index is -1.46. The summed E-state index contributed by atoms with van der Waals surface area (Å²) < 4.78 is 0. The van der Waals surface area contributed by atoms with Crippen molar-refractivity contribution in [3.05, 3.63) is 59.2 Å². The number of anilines is 2. The van der Waals surface area contributed by atoms with Crippen LogP contribution in [0.25, 0.3) is 0 Å². The molecule has 6 heteroatoms. The largest absolute Gasteiger partial charge is 0.360 e. The number of amides is 2. The molecule has 0 aliphatic carbocycles. The van der Waals surface area contributed by atoms with Crippen LogP contribution in [0.5, 0.6) is 0 Å². The third-order valence-corrected chi connectivity index (χ3v) is 5.35. The summed E-state index contributed by atoms with van der Waals surface area (Å²) >= 11 is 0. The summed E-state index contributed by atoms with van der Waals surface area (Å²) in [6, 6.07) is 13.5. The molecule has 2 amide bonds. The van der Waals surface area contributed by atoms with E-state index in [1.165, 1.54) is 11.1 Å². The lowest BCUT2D eigenvalue weighted by Crippen LogP contribution is -2.55. The van der Waals surface area contributed by atoms with Crippen LogP contribution in [0.4, 0.5) is 11.4 Å². The van der Waals surface area contributed by atoms with Crippen LogP contribution in [0, 0.1) is 0 Å². The molecule has 0 bridgehead atoms. The van der Waals surface area contributed by atoms with Crippen molar-refractivity contribution in [1.82, 2.24) is 10.6 Å². The molecular formula is C21H24N4O2. The second kappa shape index (κ2) is 6.70. The average Bonchev–Trinajstić information content (AvgIpc) is 3.25. The summed E-state index contributed by atoms with van der Waals surface area (Å²) in [6.07, 6.45) is 0.814. The molecule has 0 aromatic heterocycles. The zero-order chi connectivity index (χ0) is 19.0. The van der Waals surface area contributed by atoms with Gasteiger partial charge >= 0.3 is 0 Å². The highest BCUT2D eigenvalue weighted by atomic mass is 16.2. The average molecular weight is 364 g/mol. The molecule has 1 atom stereocenters. The number of benzene rings is 2. The number of hydrogen-bond acceptors (Lipinski definition) is 4. The molecule has 0 saturated carbocycles. The highest BCUT2D eigenvalue weighted by Crippen LogP contribution is 2.43. The maximum atomic E-state index is 13.5. The van der Waals surface area contributed by atoms with E-state index in [1.807, 2.05) is 49.4 Å². The number of likely N-dealkylation sites (N-methyl/N-ethyl adjacent to an activating group) is 1. The predicted molar refractivity (Wildman–Crippen MR) is 105 cm³/mol. The fraction of sp³-hybridized carbons (Fsp3) is 0.333. The lowest BCUT2D eigenvalue weighted by Gasteiger charge is -2.29. The Morgan fingerprint density at radius 1 is 1.19 bits per heavy atom. The Hall–Kier alpha value is -2.86. The van der Waals surface area contributed by atoms with Gasteiger partial charge in [0.1, 0.15) is 0 Å². The third kappa shape index (κ3) is 2.59. The Morgan fingerprint density at radius 2 is 1.96 bits per heavy atom. The van der Waals surface area contributed by atoms with E-state index in [9.17, 15) is 9.59 Å². The van der Waals surface area contributed by atoms with E-state index in [2.05, 4.69) is 16.0 Å². The van der Waals surface area contributed by atoms with E-state index < -0.39 is 5.54 Å². The van der Waals surface area contributed by atoms with Crippen molar-refractivity contribution in [1.29, 1.82) is 0 Å². The van der Waals surface area contributed by atoms with Crippen molar-refractivity contribution in [3.8, 4) is 0 Å². The normalized spacial score (nSPS) is 20.4. The van der Waals surface area contributed by atoms with Gasteiger partial charge in [-0.25, -0.2) is 0 Å². The topological polar surface area (TPSA) is 73.5 Å². The molecule has 2 heterocycles. The highest BCUT2D eigenvalue weighted by Gasteiger charge is 2.56. The zero-order valence-corrected chi connectivity index (χ0v) is 15.6. The van der Waals surface area contributed by atoms with Crippen LogP contribution >= 0.6 is 0 Å². The van der Waals surface area contributed by atoms with Crippen LogP contribution < -0.4 is 20.9 Å². The molecule has 2 aromatic carbocycles. The number of fused-ring (bicyclic) bond motifs is 2. The highest BCUT2D eigenvalue weighted by molar-refractivity contribution is 6.23. The molecule has 0 spiro atoms. The summed E-state index contributed by atoms with van der Waals surface area (Å²) in [7, 11) is 1.57. The summed E-state index contributed by atoms with van der Waals surface area (Å²) in [5, 5.41) is 9.31. The van der Waals surface area contributed by atoms with Gasteiger partial charge < -0.3 is 20.9 Å². The molecule has 0 saturated heterocycles. The lowest BCUT2D eigenvalue weighted by atomic mass is 9.89. The van der Waals surface area contributed by atoms with Crippen molar-refractivity contribution in [2.24, 2.45) is 0 Å². The second-order valence-corrected chi connectivity index (χ2v) is 7.02. The number of para-hydroxylation sites is 1. The van der Waals surface area contributed by atoms with E-state index in [4.69, 9.17) is 0 Å². The van der Waals surface area contributed by atoms with Gasteiger partial charge in [0.15, 0.2) is 0 Å². The summed E-state index contributed by atoms with van der Waals surface area (Å²) in [4.78, 5) is 28.3. The number of nitrogens with zero attached hydrogens (tertiary/aromatic N) is 1. The Bertz CT molecular complexity index is 911. The lowest BCUT2D eigenvalue weighted by molar-refractivity contribution is -0.133. The number of carbonyl (C=O) groups is 2. The predicted octanol–water partition coefficient (Wildman–Crippen LogP) is 2.10. The van der Waals surface area contributed by atoms with Crippen molar-refractivity contribution in [2.75, 3.05) is 23.8 Å². The van der Waals surface area contributed by atoms with Crippen molar-refractivity contribution in [2.45, 2.75) is 32.0 Å². The van der Waals surface area contributed by atoms with Gasteiger partial charge in [0.05, 0.1) is 5.69 Å². The fourth-order valence-corrected chi connectivity index (χ4v) is 4.07. The molecular weight excluding hydrogens is 340 g/mol. The van der Waals surface area contributed by atoms with E-state index in [0.29, 0.717) is 12.1 Å². The molecule has 27 heavy (non-hydrogen) atoms. The number of rotatable bonds is 5. The minimum absolute atomic E-state index is 0.233. The number of nitrogens with one attached hydrogen (secondary N) is 3. The molecule has 2 aromatic rings. The van der Waals surface area contributed by atoms with Crippen LogP contribution in [0.3, 0.4) is 0 Å². The van der Waals surface area contributed by atoms with Crippen molar-refractivity contribution in [3.63, 3.8) is 0 Å². The number of carbonyl (C=O) groups excluding carboxylic acids is 2. The Balaban J connectivity index is 1.83. The Labute approximate surface area is 158 Å². The molecule has 4 rings (SSSR count). The van der Waals surface area contributed by atoms with Crippen LogP contribution in [0.2, 0.25) is 0 Å². The Kier molecular flexibility index (Phi) is 4.36. The van der Waals surface area contributed by atoms with Crippen LogP contribution in [-0.4, -0.2) is 25.4 Å². The summed E-state index contributed by atoms with van der Waals surface area (Å²) in [5.41, 5.74) is 3.24. The van der Waals surface area contributed by atoms with Crippen molar-refractivity contribution < 1.29 is 9.59 Å². The van der Waals surface area contributed by atoms with E-state index in [1.54, 1.807) is 11.9 Å². The van der Waals surface area contributed by atoms with E-state index in [0.717, 1.165) is 30.9 Å². The monoisotopic (exact) mass is 364 g/mol. The van der Waals surface area contributed by atoms with Gasteiger partial charge in [-0.05, 0) is 35.7 Å². The van der Waals surface area contributed by atoms with Gasteiger partial charge in [0.2, 0.25) is 5.54 Å². The first kappa shape index (κ1) is 17.5. The molecule has 140 valence electrons. The van der Waals surface area contributed by atoms with Gasteiger partial charge in [0.25, 0.3) is 11.8 Å². The zero-order valence-electron chi connectivity index (χ0n) is 15.6. The minimum Gasteiger partial charge on any atom is -0.360 e. The maximum absolute atomic E-state index is 13.5. The smallest absolute Gasteiger partial charge is 0.267 e. The molecule has 2 aliphatic rings. The van der Waals surface area contributed by atoms with Gasteiger partial charge in [-0.3, -0.25) is 9.59 Å². The first-order chi connectivity index (χ1) is 13.1. The molecule has 3 N–H and O–H groups in total. The van der Waals surface area contributed by atoms with Crippen LogP contribution in [-0.2, 0) is 28.2 Å². The van der Waals surface area contributed by atoms with Gasteiger partial charge in [-0.15, -0.1) is 0 Å². The van der Waals surface area contributed by atoms with Gasteiger partial charge in [-0.1, -0.05) is 31.2 Å². The van der Waals surface area contributed by atoms with Gasteiger partial charge in [-0.2, -0.15) is 0 Å². The first-order valence-electron chi connectivity index (χ1n) is 9.36. The Morgan fingerprint density at radius 3 is 2.74 bits per heavy atom. The molecule has 0 fully saturated rings. The summed E-state index contributed by atoms with van der Waals surface area (Å²) in [6.45, 7) is 4.24. The van der Waals surface area contributed by atoms with Crippen LogP contribution in [0.15, 0.2) is 42.5 Å². The third-order valence-electron chi connectivity index (χ3n) is 5.35. The molecule has 6 nitrogen and oxygen atoms in total. The second-order valence-electron chi connectivity index (χ2n) is 7.02. The van der Waals surface area contributed by atoms with Crippen molar-refractivity contribution >= 4 is 23.2 Å². The standard InChI is InChI=1S/C21H24N4O2/c1-3-10-25-18-7-5-4-6-17(18)21(20(25)27,19(26)22-2)24-16-9-8-14-12-23-13-15(14)11-16/h4-9,11,23-24H,3,10,12-13H2,1-2H3,(H,22,26)/t21-/m1/s1. The fourth-order valence-electron chi connectivity index (χ4n) is 4.07. The molecule has 2 aliphatic heterocycles. The first-order valence-corrected chi connectivity index (χ1v) is 9.36. The quantitative estimate of drug-likeness (QED) is 0.711. The summed E-state index contributed by atoms with van der Waals surface area (Å²) in [5.74, 6) is -0.583. The molecule has 0 unspecified atom stereocenters. The van der Waals surface area contributed by atoms with Gasteiger partial charge in [0, 0.05) is 37.9 Å². The number of hydrogen-bond donors (Lipinski definition) is 3. The van der Waals surface area contributed by atoms with Crippen LogP contribution in [0.1, 0.15) is 30.0 Å². The maximum Gasteiger partial charge on any atom is 0.267 e.